The average Bonchev–Trinajstić information content (AvgIpc) is 3.47. The Labute approximate surface area is 160 Å². The molecule has 1 saturated heterocycles. The molecule has 0 bridgehead atoms. The van der Waals surface area contributed by atoms with Crippen LogP contribution in [0.2, 0.25) is 0 Å². The molecule has 138 valence electrons. The number of furan rings is 2. The SMILES string of the molecule is O=C(NCc1ccccc1)C1CSC(c2ccoc2)N1C(=O)c1ccco1. The Balaban J connectivity index is 1.54. The molecule has 1 aromatic carbocycles. The van der Waals surface area contributed by atoms with E-state index >= 15 is 0 Å². The minimum absolute atomic E-state index is 0.183. The lowest BCUT2D eigenvalue weighted by Gasteiger charge is -2.27. The minimum atomic E-state index is -0.587. The molecule has 1 fully saturated rings. The average molecular weight is 382 g/mol. The molecule has 7 heteroatoms. The zero-order valence-corrected chi connectivity index (χ0v) is 15.2. The normalized spacial score (nSPS) is 19.2. The number of benzene rings is 1. The number of thioether (sulfide) groups is 1. The van der Waals surface area contributed by atoms with Crippen molar-refractivity contribution in [2.45, 2.75) is 18.0 Å². The Kier molecular flexibility index (Phi) is 5.02. The molecule has 3 aromatic rings. The van der Waals surface area contributed by atoms with Crippen LogP contribution in [0.15, 0.2) is 76.2 Å². The van der Waals surface area contributed by atoms with E-state index in [0.29, 0.717) is 12.3 Å². The first-order valence-electron chi connectivity index (χ1n) is 8.55. The number of rotatable bonds is 5. The van der Waals surface area contributed by atoms with E-state index in [-0.39, 0.29) is 22.9 Å². The van der Waals surface area contributed by atoms with Gasteiger partial charge in [-0.25, -0.2) is 0 Å². The summed E-state index contributed by atoms with van der Waals surface area (Å²) in [7, 11) is 0. The van der Waals surface area contributed by atoms with Crippen LogP contribution in [0.3, 0.4) is 0 Å². The number of carbonyl (C=O) groups excluding carboxylic acids is 2. The Hall–Kier alpha value is -2.93. The fourth-order valence-electron chi connectivity index (χ4n) is 3.06. The lowest BCUT2D eigenvalue weighted by Crippen LogP contribution is -2.47. The molecule has 2 unspecified atom stereocenters. The molecule has 27 heavy (non-hydrogen) atoms. The molecule has 0 radical (unpaired) electrons. The second-order valence-corrected chi connectivity index (χ2v) is 7.26. The van der Waals surface area contributed by atoms with Gasteiger partial charge in [-0.15, -0.1) is 11.8 Å². The van der Waals surface area contributed by atoms with Gasteiger partial charge in [0.2, 0.25) is 5.91 Å². The number of carbonyl (C=O) groups is 2. The van der Waals surface area contributed by atoms with Crippen molar-refractivity contribution in [1.29, 1.82) is 0 Å². The first kappa shape index (κ1) is 17.5. The van der Waals surface area contributed by atoms with Gasteiger partial charge in [-0.05, 0) is 23.8 Å². The number of hydrogen-bond donors (Lipinski definition) is 1. The topological polar surface area (TPSA) is 75.7 Å². The number of nitrogens with zero attached hydrogens (tertiary/aromatic N) is 1. The summed E-state index contributed by atoms with van der Waals surface area (Å²) in [6, 6.07) is 14.2. The van der Waals surface area contributed by atoms with Gasteiger partial charge in [0.1, 0.15) is 11.4 Å². The lowest BCUT2D eigenvalue weighted by molar-refractivity contribution is -0.125. The minimum Gasteiger partial charge on any atom is -0.472 e. The van der Waals surface area contributed by atoms with Crippen LogP contribution in [0.1, 0.15) is 27.1 Å². The highest BCUT2D eigenvalue weighted by Crippen LogP contribution is 2.42. The monoisotopic (exact) mass is 382 g/mol. The molecule has 2 aromatic heterocycles. The smallest absolute Gasteiger partial charge is 0.291 e. The van der Waals surface area contributed by atoms with Crippen molar-refractivity contribution in [3.63, 3.8) is 0 Å². The molecule has 2 amide bonds. The van der Waals surface area contributed by atoms with Crippen molar-refractivity contribution in [2.24, 2.45) is 0 Å². The molecular weight excluding hydrogens is 364 g/mol. The second-order valence-electron chi connectivity index (χ2n) is 6.15. The van der Waals surface area contributed by atoms with Crippen LogP contribution in [0.25, 0.3) is 0 Å². The molecule has 4 rings (SSSR count). The van der Waals surface area contributed by atoms with E-state index in [2.05, 4.69) is 5.32 Å². The van der Waals surface area contributed by atoms with Gasteiger partial charge >= 0.3 is 0 Å². The highest BCUT2D eigenvalue weighted by atomic mass is 32.2. The molecule has 0 spiro atoms. The third-order valence-corrected chi connectivity index (χ3v) is 5.73. The molecule has 2 atom stereocenters. The van der Waals surface area contributed by atoms with Crippen molar-refractivity contribution < 1.29 is 18.4 Å². The third kappa shape index (κ3) is 3.64. The highest BCUT2D eigenvalue weighted by molar-refractivity contribution is 7.99. The van der Waals surface area contributed by atoms with Crippen molar-refractivity contribution >= 4 is 23.6 Å². The van der Waals surface area contributed by atoms with Gasteiger partial charge in [-0.2, -0.15) is 0 Å². The van der Waals surface area contributed by atoms with Crippen LogP contribution in [0.4, 0.5) is 0 Å². The molecule has 0 saturated carbocycles. The summed E-state index contributed by atoms with van der Waals surface area (Å²) in [4.78, 5) is 27.4. The number of nitrogens with one attached hydrogen (secondary N) is 1. The van der Waals surface area contributed by atoms with Crippen molar-refractivity contribution in [3.05, 3.63) is 84.2 Å². The van der Waals surface area contributed by atoms with Crippen LogP contribution >= 0.6 is 11.8 Å². The maximum absolute atomic E-state index is 13.0. The zero-order chi connectivity index (χ0) is 18.6. The van der Waals surface area contributed by atoms with Crippen molar-refractivity contribution in [2.75, 3.05) is 5.75 Å². The fraction of sp³-hybridized carbons (Fsp3) is 0.200. The number of hydrogen-bond acceptors (Lipinski definition) is 5. The summed E-state index contributed by atoms with van der Waals surface area (Å²) in [5.41, 5.74) is 1.85. The van der Waals surface area contributed by atoms with E-state index in [9.17, 15) is 9.59 Å². The van der Waals surface area contributed by atoms with E-state index in [0.717, 1.165) is 11.1 Å². The van der Waals surface area contributed by atoms with E-state index in [1.165, 1.54) is 18.0 Å². The summed E-state index contributed by atoms with van der Waals surface area (Å²) in [5, 5.41) is 2.64. The summed E-state index contributed by atoms with van der Waals surface area (Å²) in [6.07, 6.45) is 4.62. The summed E-state index contributed by atoms with van der Waals surface area (Å²) >= 11 is 1.53. The summed E-state index contributed by atoms with van der Waals surface area (Å²) in [6.45, 7) is 0.417. The van der Waals surface area contributed by atoms with Gasteiger partial charge in [-0.1, -0.05) is 30.3 Å². The molecule has 1 aliphatic heterocycles. The molecule has 0 aliphatic carbocycles. The molecule has 3 heterocycles. The maximum atomic E-state index is 13.0. The Morgan fingerprint density at radius 3 is 2.67 bits per heavy atom. The standard InChI is InChI=1S/C20H18N2O4S/c23-18(21-11-14-5-2-1-3-6-14)16-13-27-20(15-8-10-25-12-15)22(16)19(24)17-7-4-9-26-17/h1-10,12,16,20H,11,13H2,(H,21,23). The van der Waals surface area contributed by atoms with Gasteiger partial charge in [0, 0.05) is 17.9 Å². The lowest BCUT2D eigenvalue weighted by atomic mass is 10.2. The third-order valence-electron chi connectivity index (χ3n) is 4.41. The van der Waals surface area contributed by atoms with Gasteiger partial charge in [-0.3, -0.25) is 9.59 Å². The quantitative estimate of drug-likeness (QED) is 0.732. The number of amides is 2. The Morgan fingerprint density at radius 2 is 1.96 bits per heavy atom. The molecule has 1 aliphatic rings. The van der Waals surface area contributed by atoms with Gasteiger partial charge in [0.25, 0.3) is 5.91 Å². The van der Waals surface area contributed by atoms with Crippen molar-refractivity contribution in [1.82, 2.24) is 10.2 Å². The van der Waals surface area contributed by atoms with E-state index in [1.807, 2.05) is 36.4 Å². The van der Waals surface area contributed by atoms with Crippen LogP contribution in [-0.4, -0.2) is 28.5 Å². The first-order chi connectivity index (χ1) is 13.2. The van der Waals surface area contributed by atoms with Gasteiger partial charge in [0.05, 0.1) is 18.8 Å². The Morgan fingerprint density at radius 1 is 1.11 bits per heavy atom. The zero-order valence-electron chi connectivity index (χ0n) is 14.4. The first-order valence-corrected chi connectivity index (χ1v) is 9.60. The molecule has 1 N–H and O–H groups in total. The Bertz CT molecular complexity index is 893. The molecule has 6 nitrogen and oxygen atoms in total. The van der Waals surface area contributed by atoms with Crippen LogP contribution in [0.5, 0.6) is 0 Å². The maximum Gasteiger partial charge on any atom is 0.291 e. The predicted octanol–water partition coefficient (Wildman–Crippen LogP) is 3.45. The van der Waals surface area contributed by atoms with Crippen LogP contribution in [0, 0.1) is 0 Å². The summed E-state index contributed by atoms with van der Waals surface area (Å²) < 4.78 is 10.4. The highest BCUT2D eigenvalue weighted by Gasteiger charge is 2.43. The summed E-state index contributed by atoms with van der Waals surface area (Å²) in [5.74, 6) is 0.225. The largest absolute Gasteiger partial charge is 0.472 e. The van der Waals surface area contributed by atoms with Crippen LogP contribution in [-0.2, 0) is 11.3 Å². The van der Waals surface area contributed by atoms with E-state index in [4.69, 9.17) is 8.83 Å². The van der Waals surface area contributed by atoms with E-state index < -0.39 is 6.04 Å². The predicted molar refractivity (Wildman–Crippen MR) is 101 cm³/mol. The van der Waals surface area contributed by atoms with Crippen molar-refractivity contribution in [3.8, 4) is 0 Å². The van der Waals surface area contributed by atoms with E-state index in [1.54, 1.807) is 29.6 Å². The molecular formula is C20H18N2O4S. The van der Waals surface area contributed by atoms with Gasteiger partial charge < -0.3 is 19.1 Å². The second kappa shape index (κ2) is 7.75. The van der Waals surface area contributed by atoms with Gasteiger partial charge in [0.15, 0.2) is 5.76 Å². The van der Waals surface area contributed by atoms with Crippen LogP contribution < -0.4 is 5.32 Å². The fourth-order valence-corrected chi connectivity index (χ4v) is 4.47.